The molecule has 1 saturated heterocycles. The molecule has 2 aliphatic heterocycles. The molecule has 0 atom stereocenters. The number of thioether (sulfide) groups is 1. The molecule has 1 fully saturated rings. The predicted octanol–water partition coefficient (Wildman–Crippen LogP) is 6.12. The van der Waals surface area contributed by atoms with Crippen molar-refractivity contribution < 1.29 is 14.3 Å². The number of nitrogens with zero attached hydrogens (tertiary/aromatic N) is 2. The van der Waals surface area contributed by atoms with Gasteiger partial charge >= 0.3 is 0 Å². The molecule has 0 aliphatic carbocycles. The number of para-hydroxylation sites is 3. The summed E-state index contributed by atoms with van der Waals surface area (Å²) < 4.78 is 5.84. The van der Waals surface area contributed by atoms with Crippen LogP contribution in [0.15, 0.2) is 87.5 Å². The summed E-state index contributed by atoms with van der Waals surface area (Å²) in [6.07, 6.45) is 1.94. The fourth-order valence-electron chi connectivity index (χ4n) is 3.91. The third kappa shape index (κ3) is 4.24. The predicted molar refractivity (Wildman–Crippen MR) is 142 cm³/mol. The molecule has 0 radical (unpaired) electrons. The van der Waals surface area contributed by atoms with Gasteiger partial charge < -0.3 is 4.74 Å². The molecule has 0 bridgehead atoms. The highest BCUT2D eigenvalue weighted by molar-refractivity contribution is 8.26. The molecule has 3 aromatic rings. The lowest BCUT2D eigenvalue weighted by atomic mass is 10.2. The number of ether oxygens (including phenoxy) is 1. The normalized spacial score (nSPS) is 16.0. The van der Waals surface area contributed by atoms with Crippen molar-refractivity contribution in [3.05, 3.63) is 83.3 Å². The van der Waals surface area contributed by atoms with Gasteiger partial charge in [0.15, 0.2) is 0 Å². The van der Waals surface area contributed by atoms with Gasteiger partial charge in [0.1, 0.15) is 10.1 Å². The van der Waals surface area contributed by atoms with Crippen LogP contribution in [0.3, 0.4) is 0 Å². The van der Waals surface area contributed by atoms with E-state index in [1.807, 2.05) is 72.8 Å². The first-order valence-electron chi connectivity index (χ1n) is 10.6. The molecular weight excluding hydrogens is 484 g/mol. The fraction of sp³-hybridized carbons (Fsp3) is 0.115. The van der Waals surface area contributed by atoms with Crippen LogP contribution in [0, 0.1) is 0 Å². The Balaban J connectivity index is 1.35. The molecule has 0 unspecified atom stereocenters. The number of fused-ring (bicyclic) bond motifs is 2. The van der Waals surface area contributed by atoms with E-state index in [2.05, 4.69) is 0 Å². The van der Waals surface area contributed by atoms with Crippen LogP contribution in [0.4, 0.5) is 11.4 Å². The zero-order valence-corrected chi connectivity index (χ0v) is 20.7. The van der Waals surface area contributed by atoms with Gasteiger partial charge in [-0.05, 0) is 36.4 Å². The van der Waals surface area contributed by atoms with E-state index in [0.29, 0.717) is 15.0 Å². The van der Waals surface area contributed by atoms with E-state index < -0.39 is 0 Å². The van der Waals surface area contributed by atoms with E-state index in [1.54, 1.807) is 29.8 Å². The third-order valence-corrected chi connectivity index (χ3v) is 8.04. The quantitative estimate of drug-likeness (QED) is 0.308. The maximum atomic E-state index is 13.4. The van der Waals surface area contributed by atoms with Gasteiger partial charge in [-0.2, -0.15) is 0 Å². The maximum absolute atomic E-state index is 13.4. The summed E-state index contributed by atoms with van der Waals surface area (Å²) in [5.74, 6) is 0.412. The Bertz CT molecular complexity index is 1290. The second-order valence-corrected chi connectivity index (χ2v) is 10.4. The van der Waals surface area contributed by atoms with Gasteiger partial charge in [-0.3, -0.25) is 19.4 Å². The van der Waals surface area contributed by atoms with Gasteiger partial charge in [-0.25, -0.2) is 0 Å². The van der Waals surface area contributed by atoms with E-state index in [1.165, 1.54) is 16.7 Å². The maximum Gasteiger partial charge on any atom is 0.266 e. The molecular formula is C26H20N2O3S3. The van der Waals surface area contributed by atoms with Gasteiger partial charge in [-0.15, -0.1) is 0 Å². The lowest BCUT2D eigenvalue weighted by Crippen LogP contribution is -2.35. The van der Waals surface area contributed by atoms with Gasteiger partial charge in [0, 0.05) is 28.3 Å². The Morgan fingerprint density at radius 3 is 2.24 bits per heavy atom. The Hall–Kier alpha value is -3.07. The first-order valence-corrected chi connectivity index (χ1v) is 12.7. The smallest absolute Gasteiger partial charge is 0.266 e. The molecule has 5 nitrogen and oxygen atoms in total. The van der Waals surface area contributed by atoms with Gasteiger partial charge in [0.2, 0.25) is 5.91 Å². The number of hydrogen-bond acceptors (Lipinski definition) is 6. The zero-order chi connectivity index (χ0) is 23.7. The Morgan fingerprint density at radius 2 is 1.56 bits per heavy atom. The van der Waals surface area contributed by atoms with Gasteiger partial charge in [0.05, 0.1) is 23.4 Å². The fourth-order valence-corrected chi connectivity index (χ4v) is 6.27. The van der Waals surface area contributed by atoms with Gasteiger partial charge in [0.25, 0.3) is 5.91 Å². The zero-order valence-electron chi connectivity index (χ0n) is 18.3. The number of rotatable bonds is 5. The van der Waals surface area contributed by atoms with Crippen LogP contribution >= 0.6 is 35.7 Å². The van der Waals surface area contributed by atoms with Crippen molar-refractivity contribution in [3.8, 4) is 5.75 Å². The minimum Gasteiger partial charge on any atom is -0.496 e. The van der Waals surface area contributed by atoms with E-state index in [9.17, 15) is 9.59 Å². The lowest BCUT2D eigenvalue weighted by molar-refractivity contribution is -0.123. The van der Waals surface area contributed by atoms with Crippen molar-refractivity contribution in [2.75, 3.05) is 18.6 Å². The van der Waals surface area contributed by atoms with E-state index in [0.717, 1.165) is 26.7 Å². The second kappa shape index (κ2) is 9.66. The standard InChI is InChI=1S/C26H20N2O3S3/c1-31-20-11-5-2-8-17(20)16-23-25(30)27(26(32)34-23)15-14-24(29)28-18-9-3-6-12-21(18)33-22-13-7-4-10-19(22)28/h2-13,16H,14-15H2,1H3. The number of anilines is 2. The molecule has 2 heterocycles. The highest BCUT2D eigenvalue weighted by Gasteiger charge is 2.34. The summed E-state index contributed by atoms with van der Waals surface area (Å²) in [4.78, 5) is 32.4. The lowest BCUT2D eigenvalue weighted by Gasteiger charge is -2.31. The van der Waals surface area contributed by atoms with Crippen LogP contribution in [0.1, 0.15) is 12.0 Å². The average molecular weight is 505 g/mol. The van der Waals surface area contributed by atoms with Crippen molar-refractivity contribution in [3.63, 3.8) is 0 Å². The summed E-state index contributed by atoms with van der Waals surface area (Å²) in [6.45, 7) is 0.223. The summed E-state index contributed by atoms with van der Waals surface area (Å²) in [5, 5.41) is 0. The van der Waals surface area contributed by atoms with Crippen molar-refractivity contribution in [2.45, 2.75) is 16.2 Å². The molecule has 3 aromatic carbocycles. The number of thiocarbonyl (C=S) groups is 1. The summed E-state index contributed by atoms with van der Waals surface area (Å²) in [6, 6.07) is 23.2. The third-order valence-electron chi connectivity index (χ3n) is 5.53. The van der Waals surface area contributed by atoms with Crippen LogP contribution in [-0.2, 0) is 9.59 Å². The van der Waals surface area contributed by atoms with Crippen LogP contribution in [-0.4, -0.2) is 34.7 Å². The molecule has 0 N–H and O–H groups in total. The van der Waals surface area contributed by atoms with E-state index >= 15 is 0 Å². The van der Waals surface area contributed by atoms with E-state index in [-0.39, 0.29) is 24.8 Å². The molecule has 2 amide bonds. The molecule has 0 saturated carbocycles. The minimum absolute atomic E-state index is 0.0806. The first kappa shape index (κ1) is 22.7. The van der Waals surface area contributed by atoms with E-state index in [4.69, 9.17) is 17.0 Å². The summed E-state index contributed by atoms with van der Waals surface area (Å²) in [7, 11) is 1.60. The summed E-state index contributed by atoms with van der Waals surface area (Å²) in [5.41, 5.74) is 2.52. The Kier molecular flexibility index (Phi) is 6.45. The Morgan fingerprint density at radius 1 is 0.941 bits per heavy atom. The molecule has 8 heteroatoms. The number of hydrogen-bond donors (Lipinski definition) is 0. The molecule has 0 aromatic heterocycles. The highest BCUT2D eigenvalue weighted by atomic mass is 32.2. The number of methoxy groups -OCH3 is 1. The number of carbonyl (C=O) groups is 2. The Labute approximate surface area is 211 Å². The van der Waals surface area contributed by atoms with Gasteiger partial charge in [-0.1, -0.05) is 78.2 Å². The molecule has 34 heavy (non-hydrogen) atoms. The minimum atomic E-state index is -0.191. The topological polar surface area (TPSA) is 49.9 Å². The van der Waals surface area contributed by atoms with Crippen LogP contribution < -0.4 is 9.64 Å². The first-order chi connectivity index (χ1) is 16.6. The largest absolute Gasteiger partial charge is 0.496 e. The molecule has 5 rings (SSSR count). The number of amides is 2. The van der Waals surface area contributed by atoms with Crippen LogP contribution in [0.5, 0.6) is 5.75 Å². The van der Waals surface area contributed by atoms with Crippen molar-refractivity contribution in [2.24, 2.45) is 0 Å². The van der Waals surface area contributed by atoms with Crippen LogP contribution in [0.25, 0.3) is 6.08 Å². The molecule has 2 aliphatic rings. The average Bonchev–Trinajstić information content (AvgIpc) is 3.13. The second-order valence-electron chi connectivity index (χ2n) is 7.59. The van der Waals surface area contributed by atoms with Crippen molar-refractivity contribution in [1.29, 1.82) is 0 Å². The SMILES string of the molecule is COc1ccccc1C=C1SC(=S)N(CCC(=O)N2c3ccccc3Sc3ccccc32)C1=O. The highest BCUT2D eigenvalue weighted by Crippen LogP contribution is 2.48. The van der Waals surface area contributed by atoms with Crippen LogP contribution in [0.2, 0.25) is 0 Å². The molecule has 0 spiro atoms. The summed E-state index contributed by atoms with van der Waals surface area (Å²) >= 11 is 8.37. The van der Waals surface area contributed by atoms with Crippen molar-refractivity contribution >= 4 is 69.3 Å². The number of carbonyl (C=O) groups excluding carboxylic acids is 2. The number of benzene rings is 3. The van der Waals surface area contributed by atoms with Crippen molar-refractivity contribution in [1.82, 2.24) is 4.90 Å². The monoisotopic (exact) mass is 504 g/mol. The molecule has 170 valence electrons.